The Hall–Kier alpha value is -3.01. The molecule has 198 valence electrons. The van der Waals surface area contributed by atoms with Crippen molar-refractivity contribution in [3.63, 3.8) is 0 Å². The van der Waals surface area contributed by atoms with Crippen molar-refractivity contribution in [3.8, 4) is 0 Å². The van der Waals surface area contributed by atoms with Gasteiger partial charge in [-0.2, -0.15) is 0 Å². The second-order valence-corrected chi connectivity index (χ2v) is 12.0. The van der Waals surface area contributed by atoms with Crippen LogP contribution in [0.4, 0.5) is 5.82 Å². The maximum absolute atomic E-state index is 13.8. The number of likely N-dealkylation sites (N-methyl/N-ethyl adjacent to an activating group) is 1. The van der Waals surface area contributed by atoms with Crippen molar-refractivity contribution >= 4 is 49.1 Å². The quantitative estimate of drug-likeness (QED) is 0.373. The third-order valence-corrected chi connectivity index (χ3v) is 9.45. The SMILES string of the molecule is CN(CCNC(=O)c1c(=O)c2ccc(N3CCOCC3)nc2n2c1sc1ccccc12)C(C1CC1)C1CC1. The van der Waals surface area contributed by atoms with E-state index in [1.165, 1.54) is 37.0 Å². The Morgan fingerprint density at radius 3 is 2.61 bits per heavy atom. The van der Waals surface area contributed by atoms with E-state index in [1.807, 2.05) is 40.8 Å². The number of amides is 1. The fourth-order valence-electron chi connectivity index (χ4n) is 6.11. The molecule has 0 spiro atoms. The van der Waals surface area contributed by atoms with E-state index in [0.29, 0.717) is 41.7 Å². The first-order valence-electron chi connectivity index (χ1n) is 13.8. The molecule has 1 N–H and O–H groups in total. The standard InChI is InChI=1S/C29H33N5O3S/c1-32(25(18-6-7-18)19-8-9-19)13-12-30-28(36)24-26(35)20-10-11-23(33-14-16-37-17-15-33)31-27(20)34-21-4-2-3-5-22(21)38-29(24)34/h2-5,10-11,18-19,25H,6-9,12-17H2,1H3,(H,30,36). The first-order valence-corrected chi connectivity index (χ1v) is 14.6. The Bertz CT molecular complexity index is 1570. The van der Waals surface area contributed by atoms with Crippen molar-refractivity contribution in [3.05, 3.63) is 52.2 Å². The number of carbonyl (C=O) groups is 1. The van der Waals surface area contributed by atoms with Crippen LogP contribution in [0.25, 0.3) is 26.1 Å². The van der Waals surface area contributed by atoms with Crippen LogP contribution in [0.2, 0.25) is 0 Å². The zero-order valence-electron chi connectivity index (χ0n) is 21.7. The number of para-hydroxylation sites is 1. The van der Waals surface area contributed by atoms with E-state index < -0.39 is 0 Å². The van der Waals surface area contributed by atoms with Crippen LogP contribution >= 0.6 is 11.3 Å². The van der Waals surface area contributed by atoms with E-state index >= 15 is 0 Å². The number of hydrogen-bond acceptors (Lipinski definition) is 7. The highest BCUT2D eigenvalue weighted by molar-refractivity contribution is 7.24. The molecule has 0 unspecified atom stereocenters. The molecule has 9 heteroatoms. The summed E-state index contributed by atoms with van der Waals surface area (Å²) in [5.74, 6) is 2.16. The molecule has 2 aliphatic carbocycles. The van der Waals surface area contributed by atoms with E-state index in [9.17, 15) is 9.59 Å². The van der Waals surface area contributed by atoms with Gasteiger partial charge in [0.25, 0.3) is 5.91 Å². The molecule has 0 atom stereocenters. The summed E-state index contributed by atoms with van der Waals surface area (Å²) in [5.41, 5.74) is 1.50. The second-order valence-electron chi connectivity index (χ2n) is 11.0. The first-order chi connectivity index (χ1) is 18.6. The van der Waals surface area contributed by atoms with Gasteiger partial charge in [0.15, 0.2) is 5.65 Å². The number of aromatic nitrogens is 2. The maximum atomic E-state index is 13.8. The number of ether oxygens (including phenoxy) is 1. The van der Waals surface area contributed by atoms with Gasteiger partial charge in [-0.25, -0.2) is 4.98 Å². The number of fused-ring (bicyclic) bond motifs is 5. The van der Waals surface area contributed by atoms with Gasteiger partial charge in [-0.15, -0.1) is 11.3 Å². The Morgan fingerprint density at radius 1 is 1.13 bits per heavy atom. The predicted octanol–water partition coefficient (Wildman–Crippen LogP) is 3.75. The summed E-state index contributed by atoms with van der Waals surface area (Å²) in [6.07, 6.45) is 5.32. The summed E-state index contributed by atoms with van der Waals surface area (Å²) < 4.78 is 8.52. The average Bonchev–Trinajstić information content (AvgIpc) is 3.88. The molecule has 8 nitrogen and oxygen atoms in total. The lowest BCUT2D eigenvalue weighted by Gasteiger charge is -2.28. The lowest BCUT2D eigenvalue weighted by Crippen LogP contribution is -2.41. The Labute approximate surface area is 225 Å². The first kappa shape index (κ1) is 24.1. The molecule has 1 amide bonds. The molecule has 3 aromatic heterocycles. The van der Waals surface area contributed by atoms with Gasteiger partial charge in [0.2, 0.25) is 5.43 Å². The van der Waals surface area contributed by atoms with Crippen molar-refractivity contribution < 1.29 is 9.53 Å². The predicted molar refractivity (Wildman–Crippen MR) is 152 cm³/mol. The molecule has 3 fully saturated rings. The Balaban J connectivity index is 1.24. The third-order valence-electron chi connectivity index (χ3n) is 8.30. The van der Waals surface area contributed by atoms with Crippen LogP contribution in [0.3, 0.4) is 0 Å². The molecule has 38 heavy (non-hydrogen) atoms. The molecular weight excluding hydrogens is 498 g/mol. The minimum absolute atomic E-state index is 0.211. The monoisotopic (exact) mass is 531 g/mol. The number of pyridine rings is 2. The van der Waals surface area contributed by atoms with E-state index in [-0.39, 0.29) is 16.9 Å². The summed E-state index contributed by atoms with van der Waals surface area (Å²) >= 11 is 1.47. The summed E-state index contributed by atoms with van der Waals surface area (Å²) in [6.45, 7) is 4.16. The molecule has 0 bridgehead atoms. The van der Waals surface area contributed by atoms with Crippen LogP contribution in [-0.2, 0) is 4.74 Å². The fraction of sp³-hybridized carbons (Fsp3) is 0.483. The molecule has 4 heterocycles. The van der Waals surface area contributed by atoms with Crippen LogP contribution in [0, 0.1) is 11.8 Å². The van der Waals surface area contributed by atoms with Crippen LogP contribution in [-0.4, -0.2) is 72.7 Å². The van der Waals surface area contributed by atoms with Gasteiger partial charge in [0, 0.05) is 32.2 Å². The minimum atomic E-state index is -0.305. The second kappa shape index (κ2) is 9.63. The van der Waals surface area contributed by atoms with Gasteiger partial charge >= 0.3 is 0 Å². The van der Waals surface area contributed by atoms with Crippen molar-refractivity contribution in [1.29, 1.82) is 0 Å². The molecule has 1 aliphatic heterocycles. The number of carbonyl (C=O) groups excluding carboxylic acids is 1. The van der Waals surface area contributed by atoms with Crippen LogP contribution in [0.1, 0.15) is 36.0 Å². The zero-order valence-corrected chi connectivity index (χ0v) is 22.5. The summed E-state index contributed by atoms with van der Waals surface area (Å²) in [7, 11) is 2.18. The highest BCUT2D eigenvalue weighted by Crippen LogP contribution is 2.46. The van der Waals surface area contributed by atoms with Gasteiger partial charge in [-0.05, 0) is 68.8 Å². The van der Waals surface area contributed by atoms with Crippen molar-refractivity contribution in [1.82, 2.24) is 19.6 Å². The number of hydrogen-bond donors (Lipinski definition) is 1. The Kier molecular flexibility index (Phi) is 6.10. The number of nitrogens with one attached hydrogen (secondary N) is 1. The van der Waals surface area contributed by atoms with Gasteiger partial charge in [0.1, 0.15) is 16.2 Å². The summed E-state index contributed by atoms with van der Waals surface area (Å²) in [4.78, 5) is 37.6. The molecule has 7 rings (SSSR count). The molecule has 1 aromatic carbocycles. The minimum Gasteiger partial charge on any atom is -0.378 e. The molecule has 0 radical (unpaired) electrons. The van der Waals surface area contributed by atoms with E-state index in [2.05, 4.69) is 22.2 Å². The number of morpholine rings is 1. The van der Waals surface area contributed by atoms with Crippen molar-refractivity contribution in [2.45, 2.75) is 31.7 Å². The van der Waals surface area contributed by atoms with E-state index in [0.717, 1.165) is 47.5 Å². The molecule has 2 saturated carbocycles. The maximum Gasteiger partial charge on any atom is 0.258 e. The lowest BCUT2D eigenvalue weighted by molar-refractivity contribution is 0.0945. The van der Waals surface area contributed by atoms with Crippen molar-refractivity contribution in [2.75, 3.05) is 51.3 Å². The van der Waals surface area contributed by atoms with Crippen LogP contribution in [0.15, 0.2) is 41.2 Å². The molecule has 4 aromatic rings. The van der Waals surface area contributed by atoms with Gasteiger partial charge in [0.05, 0.1) is 28.8 Å². The fourth-order valence-corrected chi connectivity index (χ4v) is 7.29. The number of thiazole rings is 1. The zero-order chi connectivity index (χ0) is 25.8. The smallest absolute Gasteiger partial charge is 0.258 e. The highest BCUT2D eigenvalue weighted by Gasteiger charge is 2.43. The van der Waals surface area contributed by atoms with Crippen LogP contribution in [0.5, 0.6) is 0 Å². The van der Waals surface area contributed by atoms with Crippen molar-refractivity contribution in [2.24, 2.45) is 11.8 Å². The number of benzene rings is 1. The van der Waals surface area contributed by atoms with Gasteiger partial charge in [-0.3, -0.25) is 14.0 Å². The van der Waals surface area contributed by atoms with E-state index in [4.69, 9.17) is 9.72 Å². The normalized spacial score (nSPS) is 18.3. The third kappa shape index (κ3) is 4.26. The van der Waals surface area contributed by atoms with E-state index in [1.54, 1.807) is 0 Å². The topological polar surface area (TPSA) is 79.2 Å². The van der Waals surface area contributed by atoms with Crippen LogP contribution < -0.4 is 15.6 Å². The molecule has 3 aliphatic rings. The average molecular weight is 532 g/mol. The van der Waals surface area contributed by atoms with Gasteiger partial charge < -0.3 is 19.9 Å². The largest absolute Gasteiger partial charge is 0.378 e. The Morgan fingerprint density at radius 2 is 1.87 bits per heavy atom. The number of rotatable bonds is 8. The number of anilines is 1. The molecular formula is C29H33N5O3S. The summed E-state index contributed by atoms with van der Waals surface area (Å²) in [6, 6.07) is 12.4. The van der Waals surface area contributed by atoms with Gasteiger partial charge in [-0.1, -0.05) is 12.1 Å². The number of nitrogens with zero attached hydrogens (tertiary/aromatic N) is 4. The molecule has 1 saturated heterocycles. The highest BCUT2D eigenvalue weighted by atomic mass is 32.1. The lowest BCUT2D eigenvalue weighted by atomic mass is 10.1. The summed E-state index contributed by atoms with van der Waals surface area (Å²) in [5, 5.41) is 3.54.